The monoisotopic (exact) mass is 370 g/mol. The summed E-state index contributed by atoms with van der Waals surface area (Å²) < 4.78 is 10.9. The van der Waals surface area contributed by atoms with Crippen molar-refractivity contribution in [1.82, 2.24) is 0 Å². The van der Waals surface area contributed by atoms with E-state index < -0.39 is 5.91 Å². The summed E-state index contributed by atoms with van der Waals surface area (Å²) in [7, 11) is 1.58. The largest absolute Gasteiger partial charge is 0.497 e. The highest BCUT2D eigenvalue weighted by atomic mass is 16.5. The summed E-state index contributed by atoms with van der Waals surface area (Å²) in [5.74, 6) is 1.33. The van der Waals surface area contributed by atoms with Crippen molar-refractivity contribution >= 4 is 17.7 Å². The van der Waals surface area contributed by atoms with E-state index in [0.717, 1.165) is 5.56 Å². The summed E-state index contributed by atoms with van der Waals surface area (Å²) in [4.78, 5) is 12.6. The first-order chi connectivity index (χ1) is 13.7. The first-order valence-electron chi connectivity index (χ1n) is 8.59. The molecule has 0 unspecified atom stereocenters. The zero-order chi connectivity index (χ0) is 19.8. The Bertz CT molecular complexity index is 1020. The highest BCUT2D eigenvalue weighted by Gasteiger charge is 2.13. The number of nitriles is 1. The molecular weight excluding hydrogens is 352 g/mol. The van der Waals surface area contributed by atoms with E-state index in [4.69, 9.17) is 9.47 Å². The number of hydrogen-bond acceptors (Lipinski definition) is 4. The summed E-state index contributed by atoms with van der Waals surface area (Å²) in [5, 5.41) is 12.2. The van der Waals surface area contributed by atoms with E-state index in [1.165, 1.54) is 6.08 Å². The Kier molecular flexibility index (Phi) is 6.06. The lowest BCUT2D eigenvalue weighted by molar-refractivity contribution is -0.112. The first kappa shape index (κ1) is 18.7. The fraction of sp³-hybridized carbons (Fsp3) is 0.0435. The normalized spacial score (nSPS) is 10.6. The SMILES string of the molecule is COc1ccc(/C=C(\C#N)C(=O)Nc2ccccc2Oc2ccccc2)cc1. The minimum atomic E-state index is -0.512. The molecule has 138 valence electrons. The van der Waals surface area contributed by atoms with Gasteiger partial charge in [-0.15, -0.1) is 0 Å². The zero-order valence-electron chi connectivity index (χ0n) is 15.3. The molecule has 0 fully saturated rings. The van der Waals surface area contributed by atoms with Crippen LogP contribution in [-0.2, 0) is 4.79 Å². The number of anilines is 1. The number of rotatable bonds is 6. The number of nitrogens with one attached hydrogen (secondary N) is 1. The predicted molar refractivity (Wildman–Crippen MR) is 108 cm³/mol. The third-order valence-corrected chi connectivity index (χ3v) is 3.90. The van der Waals surface area contributed by atoms with Crippen molar-refractivity contribution in [3.05, 3.63) is 90.0 Å². The smallest absolute Gasteiger partial charge is 0.266 e. The van der Waals surface area contributed by atoms with Crippen molar-refractivity contribution in [3.63, 3.8) is 0 Å². The number of carbonyl (C=O) groups is 1. The van der Waals surface area contributed by atoms with Crippen molar-refractivity contribution in [2.24, 2.45) is 0 Å². The van der Waals surface area contributed by atoms with Crippen molar-refractivity contribution < 1.29 is 14.3 Å². The summed E-state index contributed by atoms with van der Waals surface area (Å²) in [5.41, 5.74) is 1.19. The van der Waals surface area contributed by atoms with Crippen LogP contribution in [0.1, 0.15) is 5.56 Å². The van der Waals surface area contributed by atoms with Gasteiger partial charge in [0.15, 0.2) is 5.75 Å². The molecular formula is C23H18N2O3. The molecule has 0 saturated heterocycles. The van der Waals surface area contributed by atoms with E-state index in [1.54, 1.807) is 49.6 Å². The molecule has 3 aromatic rings. The van der Waals surface area contributed by atoms with Gasteiger partial charge in [-0.05, 0) is 48.0 Å². The van der Waals surface area contributed by atoms with Gasteiger partial charge in [-0.2, -0.15) is 5.26 Å². The highest BCUT2D eigenvalue weighted by Crippen LogP contribution is 2.29. The summed E-state index contributed by atoms with van der Waals surface area (Å²) in [6.07, 6.45) is 1.52. The van der Waals surface area contributed by atoms with Gasteiger partial charge >= 0.3 is 0 Å². The minimum absolute atomic E-state index is 0.0142. The quantitative estimate of drug-likeness (QED) is 0.488. The molecule has 1 N–H and O–H groups in total. The third-order valence-electron chi connectivity index (χ3n) is 3.90. The van der Waals surface area contributed by atoms with Crippen LogP contribution in [0.15, 0.2) is 84.4 Å². The van der Waals surface area contributed by atoms with Crippen LogP contribution < -0.4 is 14.8 Å². The van der Waals surface area contributed by atoms with E-state index in [-0.39, 0.29) is 5.57 Å². The number of carbonyl (C=O) groups excluding carboxylic acids is 1. The van der Waals surface area contributed by atoms with Crippen LogP contribution in [0.2, 0.25) is 0 Å². The molecule has 1 amide bonds. The molecule has 0 saturated carbocycles. The van der Waals surface area contributed by atoms with Gasteiger partial charge in [0.05, 0.1) is 12.8 Å². The number of hydrogen-bond donors (Lipinski definition) is 1. The molecule has 0 atom stereocenters. The molecule has 0 aliphatic carbocycles. The molecule has 0 radical (unpaired) electrons. The molecule has 3 aromatic carbocycles. The van der Waals surface area contributed by atoms with Crippen LogP contribution >= 0.6 is 0 Å². The number of benzene rings is 3. The highest BCUT2D eigenvalue weighted by molar-refractivity contribution is 6.10. The number of para-hydroxylation sites is 3. The van der Waals surface area contributed by atoms with Crippen LogP contribution in [0.25, 0.3) is 6.08 Å². The van der Waals surface area contributed by atoms with Crippen molar-refractivity contribution in [2.45, 2.75) is 0 Å². The van der Waals surface area contributed by atoms with Crippen molar-refractivity contribution in [1.29, 1.82) is 5.26 Å². The first-order valence-corrected chi connectivity index (χ1v) is 8.59. The molecule has 0 aliphatic rings. The number of methoxy groups -OCH3 is 1. The molecule has 0 bridgehead atoms. The predicted octanol–water partition coefficient (Wildman–Crippen LogP) is 5.03. The van der Waals surface area contributed by atoms with Crippen LogP contribution in [0.3, 0.4) is 0 Å². The fourth-order valence-corrected chi connectivity index (χ4v) is 2.48. The van der Waals surface area contributed by atoms with E-state index in [1.807, 2.05) is 42.5 Å². The van der Waals surface area contributed by atoms with E-state index in [0.29, 0.717) is 22.9 Å². The van der Waals surface area contributed by atoms with Gasteiger partial charge in [0.2, 0.25) is 0 Å². The molecule has 0 aromatic heterocycles. The van der Waals surface area contributed by atoms with Crippen LogP contribution in [0.4, 0.5) is 5.69 Å². The summed E-state index contributed by atoms with van der Waals surface area (Å²) >= 11 is 0. The van der Waals surface area contributed by atoms with Crippen LogP contribution in [0, 0.1) is 11.3 Å². The Morgan fingerprint density at radius 2 is 1.61 bits per heavy atom. The molecule has 3 rings (SSSR count). The Balaban J connectivity index is 1.79. The molecule has 28 heavy (non-hydrogen) atoms. The van der Waals surface area contributed by atoms with E-state index in [2.05, 4.69) is 5.32 Å². The maximum Gasteiger partial charge on any atom is 0.266 e. The topological polar surface area (TPSA) is 71.3 Å². The lowest BCUT2D eigenvalue weighted by Crippen LogP contribution is -2.14. The maximum absolute atomic E-state index is 12.6. The second-order valence-electron chi connectivity index (χ2n) is 5.81. The number of amides is 1. The molecule has 5 nitrogen and oxygen atoms in total. The van der Waals surface area contributed by atoms with Gasteiger partial charge in [-0.3, -0.25) is 4.79 Å². The Morgan fingerprint density at radius 1 is 0.929 bits per heavy atom. The van der Waals surface area contributed by atoms with Crippen molar-refractivity contribution in [3.8, 4) is 23.3 Å². The average Bonchev–Trinajstić information content (AvgIpc) is 2.74. The van der Waals surface area contributed by atoms with E-state index >= 15 is 0 Å². The number of nitrogens with zero attached hydrogens (tertiary/aromatic N) is 1. The number of ether oxygens (including phenoxy) is 2. The Labute approximate surface area is 163 Å². The third kappa shape index (κ3) is 4.77. The lowest BCUT2D eigenvalue weighted by atomic mass is 10.1. The van der Waals surface area contributed by atoms with Gasteiger partial charge < -0.3 is 14.8 Å². The van der Waals surface area contributed by atoms with Gasteiger partial charge in [0.25, 0.3) is 5.91 Å². The minimum Gasteiger partial charge on any atom is -0.497 e. The maximum atomic E-state index is 12.6. The standard InChI is InChI=1S/C23H18N2O3/c1-27-19-13-11-17(12-14-19)15-18(16-24)23(26)25-21-9-5-6-10-22(21)28-20-7-3-2-4-8-20/h2-15H,1H3,(H,25,26)/b18-15+. The van der Waals surface area contributed by atoms with Crippen molar-refractivity contribution in [2.75, 3.05) is 12.4 Å². The molecule has 0 aliphatic heterocycles. The summed E-state index contributed by atoms with van der Waals surface area (Å²) in [6, 6.07) is 25.4. The fourth-order valence-electron chi connectivity index (χ4n) is 2.48. The lowest BCUT2D eigenvalue weighted by Gasteiger charge is -2.12. The molecule has 0 spiro atoms. The van der Waals surface area contributed by atoms with Gasteiger partial charge in [-0.25, -0.2) is 0 Å². The second kappa shape index (κ2) is 9.06. The Morgan fingerprint density at radius 3 is 2.29 bits per heavy atom. The van der Waals surface area contributed by atoms with E-state index in [9.17, 15) is 10.1 Å². The van der Waals surface area contributed by atoms with Crippen LogP contribution in [-0.4, -0.2) is 13.0 Å². The van der Waals surface area contributed by atoms with Gasteiger partial charge in [-0.1, -0.05) is 42.5 Å². The molecule has 5 heteroatoms. The average molecular weight is 370 g/mol. The zero-order valence-corrected chi connectivity index (χ0v) is 15.3. The molecule has 0 heterocycles. The second-order valence-corrected chi connectivity index (χ2v) is 5.81. The van der Waals surface area contributed by atoms with Gasteiger partial charge in [0.1, 0.15) is 23.1 Å². The van der Waals surface area contributed by atoms with Gasteiger partial charge in [0, 0.05) is 0 Å². The summed E-state index contributed by atoms with van der Waals surface area (Å²) in [6.45, 7) is 0. The Hall–Kier alpha value is -4.04. The van der Waals surface area contributed by atoms with Crippen LogP contribution in [0.5, 0.6) is 17.2 Å².